The third-order valence-electron chi connectivity index (χ3n) is 4.35. The Balaban J connectivity index is 1.41. The Kier molecular flexibility index (Phi) is 5.79. The lowest BCUT2D eigenvalue weighted by Gasteiger charge is -2.31. The van der Waals surface area contributed by atoms with Gasteiger partial charge < -0.3 is 10.2 Å². The van der Waals surface area contributed by atoms with E-state index < -0.39 is 0 Å². The van der Waals surface area contributed by atoms with E-state index >= 15 is 0 Å². The fourth-order valence-corrected chi connectivity index (χ4v) is 2.65. The van der Waals surface area contributed by atoms with E-state index in [-0.39, 0.29) is 0 Å². The Morgan fingerprint density at radius 2 is 1.88 bits per heavy atom. The molecule has 0 atom stereocenters. The van der Waals surface area contributed by atoms with Gasteiger partial charge in [0.2, 0.25) is 0 Å². The molecule has 2 nitrogen and oxygen atoms in total. The normalized spacial score (nSPS) is 20.8. The highest BCUT2D eigenvalue weighted by atomic mass is 15.1. The zero-order chi connectivity index (χ0) is 11.9. The predicted octanol–water partition coefficient (Wildman–Crippen LogP) is 3.03. The largest absolute Gasteiger partial charge is 0.314 e. The molecule has 0 aliphatic heterocycles. The van der Waals surface area contributed by atoms with E-state index in [4.69, 9.17) is 0 Å². The zero-order valence-corrected chi connectivity index (χ0v) is 11.6. The Bertz CT molecular complexity index is 197. The minimum Gasteiger partial charge on any atom is -0.314 e. The smallest absolute Gasteiger partial charge is 0.00682 e. The first-order chi connectivity index (χ1) is 8.38. The summed E-state index contributed by atoms with van der Waals surface area (Å²) in [5.74, 6) is 1.03. The first kappa shape index (κ1) is 13.4. The standard InChI is InChI=1S/C15H30N2/c1-2-17(13-14-7-6-8-14)12-5-3-4-11-16-15-9-10-15/h14-16H,2-13H2,1H3. The third kappa shape index (κ3) is 5.39. The van der Waals surface area contributed by atoms with Crippen molar-refractivity contribution in [2.24, 2.45) is 5.92 Å². The highest BCUT2D eigenvalue weighted by Crippen LogP contribution is 2.27. The van der Waals surface area contributed by atoms with Crippen molar-refractivity contribution in [3.05, 3.63) is 0 Å². The third-order valence-corrected chi connectivity index (χ3v) is 4.35. The van der Waals surface area contributed by atoms with E-state index in [1.807, 2.05) is 0 Å². The van der Waals surface area contributed by atoms with Gasteiger partial charge in [0.15, 0.2) is 0 Å². The lowest BCUT2D eigenvalue weighted by Crippen LogP contribution is -2.33. The van der Waals surface area contributed by atoms with Gasteiger partial charge in [-0.3, -0.25) is 0 Å². The van der Waals surface area contributed by atoms with E-state index in [1.165, 1.54) is 77.5 Å². The topological polar surface area (TPSA) is 15.3 Å². The lowest BCUT2D eigenvalue weighted by molar-refractivity contribution is 0.181. The van der Waals surface area contributed by atoms with Crippen molar-refractivity contribution in [3.63, 3.8) is 0 Å². The molecule has 1 N–H and O–H groups in total. The van der Waals surface area contributed by atoms with Gasteiger partial charge in [0, 0.05) is 12.6 Å². The number of nitrogens with zero attached hydrogens (tertiary/aromatic N) is 1. The van der Waals surface area contributed by atoms with Crippen LogP contribution in [0.3, 0.4) is 0 Å². The average molecular weight is 238 g/mol. The quantitative estimate of drug-likeness (QED) is 0.589. The van der Waals surface area contributed by atoms with Gasteiger partial charge in [0.1, 0.15) is 0 Å². The van der Waals surface area contributed by atoms with E-state index in [0.717, 1.165) is 12.0 Å². The van der Waals surface area contributed by atoms with Gasteiger partial charge in [-0.1, -0.05) is 19.8 Å². The molecule has 0 radical (unpaired) electrons. The molecule has 2 heteroatoms. The minimum absolute atomic E-state index is 0.890. The molecule has 0 aromatic rings. The maximum absolute atomic E-state index is 3.60. The second-order valence-electron chi connectivity index (χ2n) is 5.98. The van der Waals surface area contributed by atoms with Crippen LogP contribution < -0.4 is 5.32 Å². The molecule has 2 aliphatic rings. The van der Waals surface area contributed by atoms with E-state index in [2.05, 4.69) is 17.1 Å². The molecule has 2 aliphatic carbocycles. The van der Waals surface area contributed by atoms with Crippen molar-refractivity contribution in [3.8, 4) is 0 Å². The summed E-state index contributed by atoms with van der Waals surface area (Å²) in [6.45, 7) is 7.51. The summed E-state index contributed by atoms with van der Waals surface area (Å²) >= 11 is 0. The molecule has 2 fully saturated rings. The van der Waals surface area contributed by atoms with Crippen LogP contribution in [0.5, 0.6) is 0 Å². The first-order valence-corrected chi connectivity index (χ1v) is 7.84. The second-order valence-corrected chi connectivity index (χ2v) is 5.98. The maximum atomic E-state index is 3.60. The molecule has 0 bridgehead atoms. The Morgan fingerprint density at radius 3 is 2.47 bits per heavy atom. The molecule has 0 amide bonds. The summed E-state index contributed by atoms with van der Waals surface area (Å²) in [5.41, 5.74) is 0. The first-order valence-electron chi connectivity index (χ1n) is 7.84. The number of rotatable bonds is 10. The zero-order valence-electron chi connectivity index (χ0n) is 11.6. The molecule has 2 rings (SSSR count). The monoisotopic (exact) mass is 238 g/mol. The summed E-state index contributed by atoms with van der Waals surface area (Å²) < 4.78 is 0. The van der Waals surface area contributed by atoms with Crippen LogP contribution in [-0.2, 0) is 0 Å². The van der Waals surface area contributed by atoms with Crippen LogP contribution in [-0.4, -0.2) is 37.1 Å². The van der Waals surface area contributed by atoms with Crippen LogP contribution in [0, 0.1) is 5.92 Å². The van der Waals surface area contributed by atoms with Crippen LogP contribution in [0.25, 0.3) is 0 Å². The Hall–Kier alpha value is -0.0800. The van der Waals surface area contributed by atoms with Crippen LogP contribution in [0.15, 0.2) is 0 Å². The van der Waals surface area contributed by atoms with Gasteiger partial charge in [-0.15, -0.1) is 0 Å². The fraction of sp³-hybridized carbons (Fsp3) is 1.00. The minimum atomic E-state index is 0.890. The molecule has 2 saturated carbocycles. The fourth-order valence-electron chi connectivity index (χ4n) is 2.65. The van der Waals surface area contributed by atoms with Gasteiger partial charge in [-0.05, 0) is 64.1 Å². The molecule has 0 spiro atoms. The Morgan fingerprint density at radius 1 is 1.06 bits per heavy atom. The summed E-state index contributed by atoms with van der Waals surface area (Å²) in [4.78, 5) is 2.66. The number of nitrogens with one attached hydrogen (secondary N) is 1. The van der Waals surface area contributed by atoms with Crippen LogP contribution >= 0.6 is 0 Å². The SMILES string of the molecule is CCN(CCCCCNC1CC1)CC1CCC1. The van der Waals surface area contributed by atoms with Crippen LogP contribution in [0.1, 0.15) is 58.3 Å². The molecule has 100 valence electrons. The van der Waals surface area contributed by atoms with Crippen molar-refractivity contribution in [2.75, 3.05) is 26.2 Å². The van der Waals surface area contributed by atoms with Gasteiger partial charge in [0.25, 0.3) is 0 Å². The highest BCUT2D eigenvalue weighted by molar-refractivity contribution is 4.80. The van der Waals surface area contributed by atoms with E-state index in [1.54, 1.807) is 0 Å². The maximum Gasteiger partial charge on any atom is 0.00682 e. The van der Waals surface area contributed by atoms with Crippen LogP contribution in [0.2, 0.25) is 0 Å². The van der Waals surface area contributed by atoms with Gasteiger partial charge in [-0.25, -0.2) is 0 Å². The number of unbranched alkanes of at least 4 members (excludes halogenated alkanes) is 2. The number of hydrogen-bond donors (Lipinski definition) is 1. The number of hydrogen-bond acceptors (Lipinski definition) is 2. The average Bonchev–Trinajstić information content (AvgIpc) is 3.08. The molecule has 0 heterocycles. The molecular formula is C15H30N2. The summed E-state index contributed by atoms with van der Waals surface area (Å²) in [7, 11) is 0. The van der Waals surface area contributed by atoms with Crippen molar-refractivity contribution < 1.29 is 0 Å². The lowest BCUT2D eigenvalue weighted by atomic mass is 9.85. The van der Waals surface area contributed by atoms with Crippen LogP contribution in [0.4, 0.5) is 0 Å². The highest BCUT2D eigenvalue weighted by Gasteiger charge is 2.20. The van der Waals surface area contributed by atoms with Gasteiger partial charge >= 0.3 is 0 Å². The molecule has 0 aromatic heterocycles. The predicted molar refractivity (Wildman–Crippen MR) is 74.3 cm³/mol. The van der Waals surface area contributed by atoms with Gasteiger partial charge in [-0.2, -0.15) is 0 Å². The summed E-state index contributed by atoms with van der Waals surface area (Å²) in [6, 6.07) is 0.890. The van der Waals surface area contributed by atoms with Crippen molar-refractivity contribution in [2.45, 2.75) is 64.3 Å². The van der Waals surface area contributed by atoms with E-state index in [0.29, 0.717) is 0 Å². The summed E-state index contributed by atoms with van der Waals surface area (Å²) in [6.07, 6.45) is 11.5. The van der Waals surface area contributed by atoms with Crippen molar-refractivity contribution >= 4 is 0 Å². The molecule has 0 aromatic carbocycles. The van der Waals surface area contributed by atoms with E-state index in [9.17, 15) is 0 Å². The molecular weight excluding hydrogens is 208 g/mol. The Labute approximate surface area is 107 Å². The molecule has 17 heavy (non-hydrogen) atoms. The van der Waals surface area contributed by atoms with Crippen molar-refractivity contribution in [1.82, 2.24) is 10.2 Å². The van der Waals surface area contributed by atoms with Crippen molar-refractivity contribution in [1.29, 1.82) is 0 Å². The molecule has 0 unspecified atom stereocenters. The molecule has 0 saturated heterocycles. The van der Waals surface area contributed by atoms with Gasteiger partial charge in [0.05, 0.1) is 0 Å². The second kappa shape index (κ2) is 7.38. The summed E-state index contributed by atoms with van der Waals surface area (Å²) in [5, 5.41) is 3.60.